The Labute approximate surface area is 223 Å². The van der Waals surface area contributed by atoms with Crippen LogP contribution in [0.4, 0.5) is 0 Å². The molecule has 0 bridgehead atoms. The first-order chi connectivity index (χ1) is 18.6. The van der Waals surface area contributed by atoms with E-state index < -0.39 is 0 Å². The third kappa shape index (κ3) is 7.01. The Morgan fingerprint density at radius 1 is 0.526 bits per heavy atom. The van der Waals surface area contributed by atoms with Crippen LogP contribution < -0.4 is 20.1 Å². The zero-order valence-electron chi connectivity index (χ0n) is 21.6. The van der Waals surface area contributed by atoms with Crippen molar-refractivity contribution in [2.75, 3.05) is 14.2 Å². The number of methoxy groups -OCH3 is 2. The average molecular weight is 509 g/mol. The lowest BCUT2D eigenvalue weighted by Gasteiger charge is -2.21. The fourth-order valence-corrected chi connectivity index (χ4v) is 4.30. The molecule has 6 nitrogen and oxygen atoms in total. The van der Waals surface area contributed by atoms with Crippen LogP contribution in [0.5, 0.6) is 11.5 Å². The van der Waals surface area contributed by atoms with E-state index in [0.717, 1.165) is 33.8 Å². The molecular weight excluding hydrogens is 476 g/mol. The summed E-state index contributed by atoms with van der Waals surface area (Å²) in [7, 11) is 3.24. The maximum absolute atomic E-state index is 13.0. The molecule has 0 aliphatic heterocycles. The minimum atomic E-state index is -0.339. The molecule has 0 aliphatic rings. The zero-order valence-corrected chi connectivity index (χ0v) is 21.6. The molecule has 38 heavy (non-hydrogen) atoms. The second kappa shape index (κ2) is 13.1. The zero-order chi connectivity index (χ0) is 26.7. The molecule has 0 aromatic heterocycles. The number of hydrogen-bond donors (Lipinski definition) is 2. The number of ether oxygens (including phenoxy) is 2. The Morgan fingerprint density at radius 3 is 1.16 bits per heavy atom. The Hall–Kier alpha value is -4.58. The number of carbonyl (C=O) groups excluding carboxylic acids is 2. The van der Waals surface area contributed by atoms with Gasteiger partial charge in [-0.3, -0.25) is 9.59 Å². The Bertz CT molecular complexity index is 1200. The van der Waals surface area contributed by atoms with Crippen molar-refractivity contribution in [2.24, 2.45) is 0 Å². The summed E-state index contributed by atoms with van der Waals surface area (Å²) in [5.41, 5.74) is 3.77. The van der Waals surface area contributed by atoms with E-state index in [2.05, 4.69) is 10.6 Å². The molecule has 6 heteroatoms. The molecule has 0 fully saturated rings. The van der Waals surface area contributed by atoms with E-state index in [4.69, 9.17) is 9.47 Å². The molecule has 2 N–H and O–H groups in total. The first-order valence-corrected chi connectivity index (χ1v) is 12.5. The van der Waals surface area contributed by atoms with E-state index in [0.29, 0.717) is 0 Å². The minimum Gasteiger partial charge on any atom is -0.497 e. The smallest absolute Gasteiger partial charge is 0.221 e. The third-order valence-electron chi connectivity index (χ3n) is 6.35. The lowest BCUT2D eigenvalue weighted by Crippen LogP contribution is -2.32. The summed E-state index contributed by atoms with van der Waals surface area (Å²) in [5.74, 6) is 1.08. The Balaban J connectivity index is 1.43. The summed E-state index contributed by atoms with van der Waals surface area (Å²) >= 11 is 0. The van der Waals surface area contributed by atoms with E-state index >= 15 is 0 Å². The molecule has 4 aromatic carbocycles. The highest BCUT2D eigenvalue weighted by Gasteiger charge is 2.20. The van der Waals surface area contributed by atoms with Crippen molar-refractivity contribution >= 4 is 11.8 Å². The van der Waals surface area contributed by atoms with Crippen LogP contribution in [-0.2, 0) is 9.59 Å². The van der Waals surface area contributed by atoms with Gasteiger partial charge in [0.15, 0.2) is 0 Å². The fraction of sp³-hybridized carbons (Fsp3) is 0.188. The van der Waals surface area contributed by atoms with Gasteiger partial charge in [0.1, 0.15) is 11.5 Å². The van der Waals surface area contributed by atoms with Gasteiger partial charge in [0, 0.05) is 12.8 Å². The number of hydrogen-bond acceptors (Lipinski definition) is 4. The highest BCUT2D eigenvalue weighted by Crippen LogP contribution is 2.26. The summed E-state index contributed by atoms with van der Waals surface area (Å²) in [6, 6.07) is 34.1. The maximum Gasteiger partial charge on any atom is 0.221 e. The SMILES string of the molecule is COc1ccc([C@H](NC(=O)CCC(=O)N[C@H](c2ccccc2)c2ccc(OC)cc2)c2ccccc2)cc1. The lowest BCUT2D eigenvalue weighted by molar-refractivity contribution is -0.127. The minimum absolute atomic E-state index is 0.0649. The molecule has 0 saturated heterocycles. The van der Waals surface area contributed by atoms with E-state index in [1.807, 2.05) is 109 Å². The van der Waals surface area contributed by atoms with Crippen LogP contribution >= 0.6 is 0 Å². The van der Waals surface area contributed by atoms with Crippen molar-refractivity contribution in [3.63, 3.8) is 0 Å². The normalized spacial score (nSPS) is 12.2. The number of amides is 2. The molecule has 4 rings (SSSR count). The van der Waals surface area contributed by atoms with E-state index in [1.165, 1.54) is 0 Å². The summed E-state index contributed by atoms with van der Waals surface area (Å²) in [5, 5.41) is 6.20. The highest BCUT2D eigenvalue weighted by molar-refractivity contribution is 5.84. The van der Waals surface area contributed by atoms with Crippen LogP contribution in [0, 0.1) is 0 Å². The van der Waals surface area contributed by atoms with Gasteiger partial charge < -0.3 is 20.1 Å². The van der Waals surface area contributed by atoms with Crippen LogP contribution in [-0.4, -0.2) is 26.0 Å². The highest BCUT2D eigenvalue weighted by atomic mass is 16.5. The van der Waals surface area contributed by atoms with Crippen LogP contribution in [0.3, 0.4) is 0 Å². The summed E-state index contributed by atoms with van der Waals surface area (Å²) in [4.78, 5) is 26.0. The Kier molecular flexibility index (Phi) is 9.13. The number of benzene rings is 4. The topological polar surface area (TPSA) is 76.7 Å². The van der Waals surface area contributed by atoms with Crippen molar-refractivity contribution < 1.29 is 19.1 Å². The van der Waals surface area contributed by atoms with Crippen LogP contribution in [0.2, 0.25) is 0 Å². The number of carbonyl (C=O) groups is 2. The van der Waals surface area contributed by atoms with Gasteiger partial charge in [0.25, 0.3) is 0 Å². The van der Waals surface area contributed by atoms with Gasteiger partial charge in [0.2, 0.25) is 11.8 Å². The van der Waals surface area contributed by atoms with Crippen molar-refractivity contribution in [2.45, 2.75) is 24.9 Å². The standard InChI is InChI=1S/C32H32N2O4/c1-37-27-17-13-25(14-18-27)31(23-9-5-3-6-10-23)33-29(35)21-22-30(36)34-32(24-11-7-4-8-12-24)26-15-19-28(38-2)20-16-26/h3-20,31-32H,21-22H2,1-2H3,(H,33,35)(H,34,36)/t31-,32-/m1/s1. The van der Waals surface area contributed by atoms with Gasteiger partial charge in [-0.05, 0) is 46.5 Å². The van der Waals surface area contributed by atoms with Crippen LogP contribution in [0.1, 0.15) is 47.2 Å². The number of rotatable bonds is 11. The second-order valence-electron chi connectivity index (χ2n) is 8.87. The predicted molar refractivity (Wildman–Crippen MR) is 148 cm³/mol. The van der Waals surface area contributed by atoms with Crippen molar-refractivity contribution in [1.29, 1.82) is 0 Å². The van der Waals surface area contributed by atoms with Crippen LogP contribution in [0.25, 0.3) is 0 Å². The largest absolute Gasteiger partial charge is 0.497 e. The number of nitrogens with one attached hydrogen (secondary N) is 2. The maximum atomic E-state index is 13.0. The monoisotopic (exact) mass is 508 g/mol. The summed E-state index contributed by atoms with van der Waals surface area (Å²) < 4.78 is 10.5. The van der Waals surface area contributed by atoms with Crippen molar-refractivity contribution in [3.8, 4) is 11.5 Å². The van der Waals surface area contributed by atoms with Gasteiger partial charge in [-0.1, -0.05) is 84.9 Å². The molecule has 0 unspecified atom stereocenters. The van der Waals surface area contributed by atoms with E-state index in [9.17, 15) is 9.59 Å². The van der Waals surface area contributed by atoms with Gasteiger partial charge in [-0.2, -0.15) is 0 Å². The lowest BCUT2D eigenvalue weighted by atomic mass is 9.98. The van der Waals surface area contributed by atoms with E-state index in [1.54, 1.807) is 14.2 Å². The molecule has 194 valence electrons. The summed E-state index contributed by atoms with van der Waals surface area (Å²) in [6.07, 6.45) is 0.130. The first-order valence-electron chi connectivity index (χ1n) is 12.5. The molecular formula is C32H32N2O4. The molecule has 0 spiro atoms. The predicted octanol–water partition coefficient (Wildman–Crippen LogP) is 5.60. The third-order valence-corrected chi connectivity index (χ3v) is 6.35. The van der Waals surface area contributed by atoms with Gasteiger partial charge >= 0.3 is 0 Å². The second-order valence-corrected chi connectivity index (χ2v) is 8.87. The fourth-order valence-electron chi connectivity index (χ4n) is 4.30. The Morgan fingerprint density at radius 2 is 0.842 bits per heavy atom. The quantitative estimate of drug-likeness (QED) is 0.277. The van der Waals surface area contributed by atoms with E-state index in [-0.39, 0.29) is 36.7 Å². The molecule has 2 atom stereocenters. The molecule has 0 saturated carbocycles. The van der Waals surface area contributed by atoms with Gasteiger partial charge in [-0.25, -0.2) is 0 Å². The average Bonchev–Trinajstić information content (AvgIpc) is 2.98. The molecule has 0 aliphatic carbocycles. The van der Waals surface area contributed by atoms with Gasteiger partial charge in [0.05, 0.1) is 26.3 Å². The molecule has 2 amide bonds. The summed E-state index contributed by atoms with van der Waals surface area (Å²) in [6.45, 7) is 0. The van der Waals surface area contributed by atoms with Crippen molar-refractivity contribution in [1.82, 2.24) is 10.6 Å². The molecule has 0 radical (unpaired) electrons. The molecule has 4 aromatic rings. The first kappa shape index (κ1) is 26.5. The van der Waals surface area contributed by atoms with Crippen molar-refractivity contribution in [3.05, 3.63) is 131 Å². The van der Waals surface area contributed by atoms with Gasteiger partial charge in [-0.15, -0.1) is 0 Å². The van der Waals surface area contributed by atoms with Crippen LogP contribution in [0.15, 0.2) is 109 Å². The molecule has 0 heterocycles.